The van der Waals surface area contributed by atoms with Gasteiger partial charge in [0.25, 0.3) is 0 Å². The fraction of sp³-hybridized carbons (Fsp3) is 0. The Hall–Kier alpha value is -3.49. The third kappa shape index (κ3) is 2.55. The van der Waals surface area contributed by atoms with Gasteiger partial charge in [0.05, 0.1) is 16.8 Å². The Morgan fingerprint density at radius 1 is 1.26 bits per heavy atom. The van der Waals surface area contributed by atoms with Crippen LogP contribution >= 0.6 is 0 Å². The van der Waals surface area contributed by atoms with E-state index in [-0.39, 0.29) is 11.4 Å². The summed E-state index contributed by atoms with van der Waals surface area (Å²) >= 11 is 0. The van der Waals surface area contributed by atoms with E-state index in [1.807, 2.05) is 0 Å². The first-order valence-electron chi connectivity index (χ1n) is 6.33. The van der Waals surface area contributed by atoms with E-state index in [2.05, 4.69) is 9.97 Å². The Morgan fingerprint density at radius 2 is 2.04 bits per heavy atom. The zero-order valence-corrected chi connectivity index (χ0v) is 11.4. The Labute approximate surface area is 128 Å². The van der Waals surface area contributed by atoms with Gasteiger partial charge in [0.2, 0.25) is 11.7 Å². The van der Waals surface area contributed by atoms with Gasteiger partial charge >= 0.3 is 5.69 Å². The molecule has 0 aliphatic heterocycles. The van der Waals surface area contributed by atoms with Gasteiger partial charge in [-0.15, -0.1) is 0 Å². The van der Waals surface area contributed by atoms with E-state index in [9.17, 15) is 24.7 Å². The number of nitrogens with zero attached hydrogens (tertiary/aromatic N) is 4. The molecular formula is C14H9FN4O4. The molecule has 3 aromatic rings. The molecule has 0 bridgehead atoms. The Kier molecular flexibility index (Phi) is 3.37. The summed E-state index contributed by atoms with van der Waals surface area (Å²) in [4.78, 5) is 17.8. The van der Waals surface area contributed by atoms with E-state index in [0.717, 1.165) is 12.1 Å². The molecular weight excluding hydrogens is 307 g/mol. The van der Waals surface area contributed by atoms with E-state index in [4.69, 9.17) is 0 Å². The summed E-state index contributed by atoms with van der Waals surface area (Å²) in [5, 5.41) is 30.2. The van der Waals surface area contributed by atoms with Crippen molar-refractivity contribution < 1.29 is 19.5 Å². The number of aromatic hydroxyl groups is 2. The Bertz CT molecular complexity index is 910. The van der Waals surface area contributed by atoms with Crippen LogP contribution in [0.15, 0.2) is 42.9 Å². The highest BCUT2D eigenvalue weighted by molar-refractivity contribution is 5.71. The summed E-state index contributed by atoms with van der Waals surface area (Å²) in [5.74, 6) is -1.95. The number of aromatic nitrogens is 3. The molecule has 2 N–H and O–H groups in total. The average Bonchev–Trinajstić information content (AvgIpc) is 2.99. The minimum Gasteiger partial charge on any atom is -0.504 e. The number of imidazole rings is 1. The van der Waals surface area contributed by atoms with Crippen LogP contribution in [0.5, 0.6) is 11.5 Å². The molecule has 2 aromatic heterocycles. The molecule has 0 unspecified atom stereocenters. The third-order valence-electron chi connectivity index (χ3n) is 3.15. The van der Waals surface area contributed by atoms with Gasteiger partial charge in [-0.25, -0.2) is 9.97 Å². The van der Waals surface area contributed by atoms with Crippen molar-refractivity contribution in [1.29, 1.82) is 0 Å². The fourth-order valence-corrected chi connectivity index (χ4v) is 2.11. The van der Waals surface area contributed by atoms with Gasteiger partial charge in [-0.05, 0) is 18.2 Å². The lowest BCUT2D eigenvalue weighted by atomic mass is 10.1. The van der Waals surface area contributed by atoms with Crippen LogP contribution in [0.4, 0.5) is 10.1 Å². The summed E-state index contributed by atoms with van der Waals surface area (Å²) in [6, 6.07) is 6.40. The Morgan fingerprint density at radius 3 is 2.74 bits per heavy atom. The van der Waals surface area contributed by atoms with Gasteiger partial charge in [0, 0.05) is 11.6 Å². The van der Waals surface area contributed by atoms with Gasteiger partial charge in [-0.2, -0.15) is 4.39 Å². The number of hydrogen-bond acceptors (Lipinski definition) is 6. The van der Waals surface area contributed by atoms with Gasteiger partial charge < -0.3 is 10.2 Å². The summed E-state index contributed by atoms with van der Waals surface area (Å²) in [6.45, 7) is 0. The van der Waals surface area contributed by atoms with Crippen LogP contribution in [0.1, 0.15) is 0 Å². The molecule has 2 heterocycles. The van der Waals surface area contributed by atoms with Crippen molar-refractivity contribution in [2.75, 3.05) is 0 Å². The number of nitro groups is 1. The predicted molar refractivity (Wildman–Crippen MR) is 76.7 cm³/mol. The van der Waals surface area contributed by atoms with E-state index < -0.39 is 28.1 Å². The first-order chi connectivity index (χ1) is 11.0. The van der Waals surface area contributed by atoms with E-state index in [1.54, 1.807) is 0 Å². The molecule has 0 aliphatic rings. The number of pyridine rings is 1. The van der Waals surface area contributed by atoms with Crippen LogP contribution in [-0.2, 0) is 0 Å². The number of phenols is 2. The molecule has 0 atom stereocenters. The van der Waals surface area contributed by atoms with Crippen molar-refractivity contribution in [2.45, 2.75) is 0 Å². The lowest BCUT2D eigenvalue weighted by Crippen LogP contribution is -2.00. The maximum atomic E-state index is 13.3. The van der Waals surface area contributed by atoms with Gasteiger partial charge in [-0.1, -0.05) is 6.07 Å². The lowest BCUT2D eigenvalue weighted by Gasteiger charge is -2.08. The molecule has 0 aliphatic carbocycles. The van der Waals surface area contributed by atoms with Crippen LogP contribution < -0.4 is 0 Å². The van der Waals surface area contributed by atoms with E-state index in [0.29, 0.717) is 5.69 Å². The SMILES string of the molecule is O=[N+]([O-])c1cc(-c2cncn2-c2cccc(F)n2)cc(O)c1O. The maximum absolute atomic E-state index is 13.3. The van der Waals surface area contributed by atoms with Crippen molar-refractivity contribution in [3.05, 3.63) is 58.9 Å². The largest absolute Gasteiger partial charge is 0.504 e. The zero-order chi connectivity index (χ0) is 16.6. The van der Waals surface area contributed by atoms with Crippen LogP contribution in [-0.4, -0.2) is 29.7 Å². The van der Waals surface area contributed by atoms with Crippen LogP contribution in [0.2, 0.25) is 0 Å². The number of hydrogen-bond donors (Lipinski definition) is 2. The summed E-state index contributed by atoms with van der Waals surface area (Å²) in [6.07, 6.45) is 2.73. The smallest absolute Gasteiger partial charge is 0.315 e. The standard InChI is InChI=1S/C14H9FN4O4/c15-12-2-1-3-13(17-12)18-7-16-6-10(18)8-4-9(19(22)23)14(21)11(20)5-8/h1-7,20-21H. The second-order valence-corrected chi connectivity index (χ2v) is 4.59. The zero-order valence-electron chi connectivity index (χ0n) is 11.4. The highest BCUT2D eigenvalue weighted by Crippen LogP contribution is 2.39. The molecule has 0 spiro atoms. The highest BCUT2D eigenvalue weighted by atomic mass is 19.1. The minimum absolute atomic E-state index is 0.215. The molecule has 0 amide bonds. The van der Waals surface area contributed by atoms with E-state index in [1.165, 1.54) is 35.3 Å². The normalized spacial score (nSPS) is 10.7. The fourth-order valence-electron chi connectivity index (χ4n) is 2.11. The summed E-state index contributed by atoms with van der Waals surface area (Å²) < 4.78 is 14.7. The molecule has 1 aromatic carbocycles. The number of phenolic OH excluding ortho intramolecular Hbond substituents is 2. The molecule has 0 saturated carbocycles. The van der Waals surface area contributed by atoms with Crippen LogP contribution in [0.3, 0.4) is 0 Å². The van der Waals surface area contributed by atoms with Crippen molar-refractivity contribution >= 4 is 5.69 Å². The maximum Gasteiger partial charge on any atom is 0.315 e. The van der Waals surface area contributed by atoms with Gasteiger partial charge in [0.15, 0.2) is 5.75 Å². The molecule has 23 heavy (non-hydrogen) atoms. The second-order valence-electron chi connectivity index (χ2n) is 4.59. The average molecular weight is 316 g/mol. The monoisotopic (exact) mass is 316 g/mol. The quantitative estimate of drug-likeness (QED) is 0.332. The van der Waals surface area contributed by atoms with Crippen molar-refractivity contribution in [1.82, 2.24) is 14.5 Å². The first-order valence-corrected chi connectivity index (χ1v) is 6.33. The third-order valence-corrected chi connectivity index (χ3v) is 3.15. The lowest BCUT2D eigenvalue weighted by molar-refractivity contribution is -0.385. The van der Waals surface area contributed by atoms with Crippen molar-refractivity contribution in [3.8, 4) is 28.6 Å². The molecule has 0 radical (unpaired) electrons. The van der Waals surface area contributed by atoms with Crippen molar-refractivity contribution in [2.24, 2.45) is 0 Å². The van der Waals surface area contributed by atoms with Crippen LogP contribution in [0, 0.1) is 16.1 Å². The number of halogens is 1. The molecule has 9 heteroatoms. The number of benzene rings is 1. The first kappa shape index (κ1) is 14.4. The number of nitro benzene ring substituents is 1. The second kappa shape index (κ2) is 5.37. The van der Waals surface area contributed by atoms with E-state index >= 15 is 0 Å². The topological polar surface area (TPSA) is 114 Å². The molecule has 0 fully saturated rings. The minimum atomic E-state index is -0.825. The summed E-state index contributed by atoms with van der Waals surface area (Å²) in [5.41, 5.74) is -0.1000. The molecule has 0 saturated heterocycles. The van der Waals surface area contributed by atoms with Crippen LogP contribution in [0.25, 0.3) is 17.1 Å². The molecule has 116 valence electrons. The number of rotatable bonds is 3. The Balaban J connectivity index is 2.18. The van der Waals surface area contributed by atoms with Crippen molar-refractivity contribution in [3.63, 3.8) is 0 Å². The van der Waals surface area contributed by atoms with Gasteiger partial charge in [-0.3, -0.25) is 14.7 Å². The molecule has 3 rings (SSSR count). The predicted octanol–water partition coefficient (Wildman–Crippen LogP) is 2.39. The summed E-state index contributed by atoms with van der Waals surface area (Å²) in [7, 11) is 0. The highest BCUT2D eigenvalue weighted by Gasteiger charge is 2.21. The van der Waals surface area contributed by atoms with Gasteiger partial charge in [0.1, 0.15) is 12.1 Å². The molecule has 8 nitrogen and oxygen atoms in total.